The lowest BCUT2D eigenvalue weighted by Crippen LogP contribution is -2.39. The zero-order valence-electron chi connectivity index (χ0n) is 11.4. The van der Waals surface area contributed by atoms with Crippen LogP contribution >= 0.6 is 0 Å². The van der Waals surface area contributed by atoms with E-state index >= 15 is 0 Å². The first kappa shape index (κ1) is 13.9. The summed E-state index contributed by atoms with van der Waals surface area (Å²) in [7, 11) is 1.73. The molecule has 4 heteroatoms. The van der Waals surface area contributed by atoms with E-state index in [1.165, 1.54) is 12.8 Å². The van der Waals surface area contributed by atoms with Gasteiger partial charge in [-0.2, -0.15) is 5.26 Å². The smallest absolute Gasteiger partial charge is 0.0991 e. The lowest BCUT2D eigenvalue weighted by atomic mass is 10.1. The Morgan fingerprint density at radius 2 is 2.21 bits per heavy atom. The van der Waals surface area contributed by atoms with Gasteiger partial charge in [0.15, 0.2) is 0 Å². The van der Waals surface area contributed by atoms with Crippen molar-refractivity contribution >= 4 is 5.69 Å². The molecule has 1 heterocycles. The molecule has 1 fully saturated rings. The number of hydrogen-bond acceptors (Lipinski definition) is 4. The highest BCUT2D eigenvalue weighted by Gasteiger charge is 2.18. The molecular weight excluding hydrogens is 238 g/mol. The van der Waals surface area contributed by atoms with Gasteiger partial charge in [-0.3, -0.25) is 0 Å². The third kappa shape index (κ3) is 3.95. The molecule has 0 aliphatic carbocycles. The zero-order chi connectivity index (χ0) is 13.5. The Hall–Kier alpha value is -1.57. The molecule has 1 aromatic carbocycles. The summed E-state index contributed by atoms with van der Waals surface area (Å²) in [6.07, 6.45) is 2.50. The maximum Gasteiger partial charge on any atom is 0.0991 e. The van der Waals surface area contributed by atoms with Crippen LogP contribution in [0.1, 0.15) is 18.4 Å². The van der Waals surface area contributed by atoms with Gasteiger partial charge in [0, 0.05) is 31.9 Å². The molecule has 1 N–H and O–H groups in total. The Balaban J connectivity index is 2.04. The fourth-order valence-electron chi connectivity index (χ4n) is 2.45. The number of rotatable bonds is 6. The summed E-state index contributed by atoms with van der Waals surface area (Å²) in [6.45, 7) is 3.71. The van der Waals surface area contributed by atoms with Gasteiger partial charge in [0.25, 0.3) is 0 Å². The van der Waals surface area contributed by atoms with Crippen molar-refractivity contribution in [2.45, 2.75) is 18.9 Å². The zero-order valence-corrected chi connectivity index (χ0v) is 11.4. The summed E-state index contributed by atoms with van der Waals surface area (Å²) in [4.78, 5) is 2.33. The van der Waals surface area contributed by atoms with Gasteiger partial charge >= 0.3 is 0 Å². The predicted molar refractivity (Wildman–Crippen MR) is 76.3 cm³/mol. The summed E-state index contributed by atoms with van der Waals surface area (Å²) in [5.74, 6) is 0. The second-order valence-corrected chi connectivity index (χ2v) is 4.89. The maximum absolute atomic E-state index is 8.84. The van der Waals surface area contributed by atoms with E-state index in [2.05, 4.69) is 16.3 Å². The Labute approximate surface area is 115 Å². The van der Waals surface area contributed by atoms with Crippen LogP contribution in [0.2, 0.25) is 0 Å². The van der Waals surface area contributed by atoms with E-state index in [9.17, 15) is 0 Å². The second-order valence-electron chi connectivity index (χ2n) is 4.89. The van der Waals surface area contributed by atoms with Gasteiger partial charge in [0.05, 0.1) is 18.2 Å². The Morgan fingerprint density at radius 3 is 2.79 bits per heavy atom. The number of ether oxygens (including phenoxy) is 1. The van der Waals surface area contributed by atoms with E-state index in [1.54, 1.807) is 7.11 Å². The van der Waals surface area contributed by atoms with Crippen molar-refractivity contribution in [3.8, 4) is 6.07 Å². The Kier molecular flexibility index (Phi) is 5.20. The number of anilines is 1. The molecule has 0 saturated carbocycles. The lowest BCUT2D eigenvalue weighted by Gasteiger charge is -2.27. The van der Waals surface area contributed by atoms with Gasteiger partial charge in [-0.1, -0.05) is 0 Å². The van der Waals surface area contributed by atoms with Crippen LogP contribution in [0.5, 0.6) is 0 Å². The van der Waals surface area contributed by atoms with Crippen LogP contribution in [0.15, 0.2) is 24.3 Å². The molecule has 19 heavy (non-hydrogen) atoms. The summed E-state index contributed by atoms with van der Waals surface area (Å²) >= 11 is 0. The maximum atomic E-state index is 8.84. The van der Waals surface area contributed by atoms with Crippen LogP contribution < -0.4 is 10.2 Å². The lowest BCUT2D eigenvalue weighted by molar-refractivity contribution is 0.204. The highest BCUT2D eigenvalue weighted by Crippen LogP contribution is 2.17. The number of nitriles is 1. The topological polar surface area (TPSA) is 48.3 Å². The minimum atomic E-state index is 0.562. The molecule has 0 amide bonds. The van der Waals surface area contributed by atoms with Crippen molar-refractivity contribution < 1.29 is 4.74 Å². The highest BCUT2D eigenvalue weighted by atomic mass is 16.5. The summed E-state index contributed by atoms with van der Waals surface area (Å²) in [6, 6.07) is 10.5. The van der Waals surface area contributed by atoms with Gasteiger partial charge in [0.1, 0.15) is 0 Å². The highest BCUT2D eigenvalue weighted by molar-refractivity contribution is 5.49. The Bertz CT molecular complexity index is 418. The average Bonchev–Trinajstić information content (AvgIpc) is 2.96. The minimum absolute atomic E-state index is 0.562. The van der Waals surface area contributed by atoms with Crippen molar-refractivity contribution in [3.05, 3.63) is 29.8 Å². The minimum Gasteiger partial charge on any atom is -0.383 e. The fourth-order valence-corrected chi connectivity index (χ4v) is 2.45. The SMILES string of the molecule is COCCN(CC1CCCN1)c1ccc(C#N)cc1. The molecule has 2 rings (SSSR count). The molecule has 0 radical (unpaired) electrons. The largest absolute Gasteiger partial charge is 0.383 e. The molecule has 4 nitrogen and oxygen atoms in total. The molecule has 0 spiro atoms. The average molecular weight is 259 g/mol. The van der Waals surface area contributed by atoms with Gasteiger partial charge in [-0.05, 0) is 43.7 Å². The number of hydrogen-bond donors (Lipinski definition) is 1. The van der Waals surface area contributed by atoms with E-state index < -0.39 is 0 Å². The van der Waals surface area contributed by atoms with E-state index in [-0.39, 0.29) is 0 Å². The third-order valence-electron chi connectivity index (χ3n) is 3.53. The van der Waals surface area contributed by atoms with Crippen molar-refractivity contribution in [3.63, 3.8) is 0 Å². The van der Waals surface area contributed by atoms with Gasteiger partial charge in [-0.25, -0.2) is 0 Å². The molecule has 1 aliphatic heterocycles. The first-order valence-electron chi connectivity index (χ1n) is 6.81. The van der Waals surface area contributed by atoms with E-state index in [0.29, 0.717) is 18.2 Å². The van der Waals surface area contributed by atoms with Crippen LogP contribution in [-0.2, 0) is 4.74 Å². The van der Waals surface area contributed by atoms with Crippen molar-refractivity contribution in [2.24, 2.45) is 0 Å². The second kappa shape index (κ2) is 7.13. The number of nitrogens with one attached hydrogen (secondary N) is 1. The molecule has 1 aromatic rings. The molecular formula is C15H21N3O. The summed E-state index contributed by atoms with van der Waals surface area (Å²) in [5, 5.41) is 12.4. The molecule has 102 valence electrons. The number of methoxy groups -OCH3 is 1. The standard InChI is InChI=1S/C15H21N3O/c1-19-10-9-18(12-14-3-2-8-17-14)15-6-4-13(11-16)5-7-15/h4-7,14,17H,2-3,8-10,12H2,1H3. The molecule has 1 aliphatic rings. The van der Waals surface area contributed by atoms with Crippen LogP contribution in [0.4, 0.5) is 5.69 Å². The van der Waals surface area contributed by atoms with Crippen molar-refractivity contribution in [2.75, 3.05) is 38.3 Å². The fraction of sp³-hybridized carbons (Fsp3) is 0.533. The van der Waals surface area contributed by atoms with Crippen molar-refractivity contribution in [1.82, 2.24) is 5.32 Å². The van der Waals surface area contributed by atoms with Crippen LogP contribution in [0.3, 0.4) is 0 Å². The molecule has 1 unspecified atom stereocenters. The monoisotopic (exact) mass is 259 g/mol. The van der Waals surface area contributed by atoms with E-state index in [1.807, 2.05) is 24.3 Å². The molecule has 1 saturated heterocycles. The summed E-state index contributed by atoms with van der Waals surface area (Å²) in [5.41, 5.74) is 1.86. The normalized spacial score (nSPS) is 18.2. The molecule has 1 atom stereocenters. The summed E-state index contributed by atoms with van der Waals surface area (Å²) < 4.78 is 5.19. The first-order chi connectivity index (χ1) is 9.33. The van der Waals surface area contributed by atoms with E-state index in [0.717, 1.165) is 25.3 Å². The van der Waals surface area contributed by atoms with E-state index in [4.69, 9.17) is 10.00 Å². The van der Waals surface area contributed by atoms with Crippen LogP contribution in [0, 0.1) is 11.3 Å². The number of nitrogens with zero attached hydrogens (tertiary/aromatic N) is 2. The molecule has 0 aromatic heterocycles. The van der Waals surface area contributed by atoms with Crippen molar-refractivity contribution in [1.29, 1.82) is 5.26 Å². The van der Waals surface area contributed by atoms with Crippen LogP contribution in [0.25, 0.3) is 0 Å². The molecule has 0 bridgehead atoms. The van der Waals surface area contributed by atoms with Crippen LogP contribution in [-0.4, -0.2) is 39.4 Å². The van der Waals surface area contributed by atoms with Gasteiger partial charge in [0.2, 0.25) is 0 Å². The Morgan fingerprint density at radius 1 is 1.42 bits per heavy atom. The van der Waals surface area contributed by atoms with Gasteiger partial charge in [-0.15, -0.1) is 0 Å². The predicted octanol–water partition coefficient (Wildman–Crippen LogP) is 1.76. The third-order valence-corrected chi connectivity index (χ3v) is 3.53. The van der Waals surface area contributed by atoms with Gasteiger partial charge < -0.3 is 15.0 Å². The number of benzene rings is 1. The quantitative estimate of drug-likeness (QED) is 0.845. The first-order valence-corrected chi connectivity index (χ1v) is 6.81.